The Labute approximate surface area is 117 Å². The number of methoxy groups -OCH3 is 1. The van der Waals surface area contributed by atoms with Crippen molar-refractivity contribution >= 4 is 21.7 Å². The van der Waals surface area contributed by atoms with Crippen LogP contribution in [0.4, 0.5) is 0 Å². The van der Waals surface area contributed by atoms with Crippen molar-refractivity contribution in [2.45, 2.75) is 25.9 Å². The van der Waals surface area contributed by atoms with Crippen LogP contribution in [0.25, 0.3) is 0 Å². The van der Waals surface area contributed by atoms with Gasteiger partial charge in [-0.3, -0.25) is 4.79 Å². The molecule has 0 N–H and O–H groups in total. The summed E-state index contributed by atoms with van der Waals surface area (Å²) in [7, 11) is 1.67. The van der Waals surface area contributed by atoms with Crippen LogP contribution >= 0.6 is 15.9 Å². The van der Waals surface area contributed by atoms with E-state index in [1.165, 1.54) is 0 Å². The fourth-order valence-corrected chi connectivity index (χ4v) is 1.57. The van der Waals surface area contributed by atoms with Crippen LogP contribution in [0.3, 0.4) is 0 Å². The van der Waals surface area contributed by atoms with Gasteiger partial charge in [0.25, 0.3) is 0 Å². The third-order valence-corrected chi connectivity index (χ3v) is 3.33. The van der Waals surface area contributed by atoms with Gasteiger partial charge in [-0.2, -0.15) is 0 Å². The second-order valence-corrected chi connectivity index (χ2v) is 5.61. The SMILES string of the molecule is COC(C)(C)CCOCC(=O)c1ccc(Br)cc1. The van der Waals surface area contributed by atoms with E-state index in [0.29, 0.717) is 12.2 Å². The van der Waals surface area contributed by atoms with Gasteiger partial charge < -0.3 is 9.47 Å². The molecule has 18 heavy (non-hydrogen) atoms. The molecule has 3 nitrogen and oxygen atoms in total. The monoisotopic (exact) mass is 314 g/mol. The summed E-state index contributed by atoms with van der Waals surface area (Å²) in [6.45, 7) is 4.62. The summed E-state index contributed by atoms with van der Waals surface area (Å²) in [6, 6.07) is 7.27. The van der Waals surface area contributed by atoms with Crippen LogP contribution in [0.2, 0.25) is 0 Å². The molecule has 0 heterocycles. The quantitative estimate of drug-likeness (QED) is 0.571. The minimum atomic E-state index is -0.208. The van der Waals surface area contributed by atoms with Gasteiger partial charge in [-0.25, -0.2) is 0 Å². The average Bonchev–Trinajstić information content (AvgIpc) is 2.35. The van der Waals surface area contributed by atoms with E-state index in [1.54, 1.807) is 19.2 Å². The fourth-order valence-electron chi connectivity index (χ4n) is 1.30. The van der Waals surface area contributed by atoms with Gasteiger partial charge in [0.05, 0.1) is 5.60 Å². The molecule has 1 rings (SSSR count). The van der Waals surface area contributed by atoms with Crippen molar-refractivity contribution in [2.75, 3.05) is 20.3 Å². The molecule has 0 fully saturated rings. The summed E-state index contributed by atoms with van der Waals surface area (Å²) in [4.78, 5) is 11.8. The van der Waals surface area contributed by atoms with Crippen LogP contribution in [0, 0.1) is 0 Å². The average molecular weight is 315 g/mol. The van der Waals surface area contributed by atoms with Gasteiger partial charge in [-0.1, -0.05) is 28.1 Å². The molecule has 0 saturated heterocycles. The van der Waals surface area contributed by atoms with E-state index < -0.39 is 0 Å². The van der Waals surface area contributed by atoms with Crippen LogP contribution in [0.1, 0.15) is 30.6 Å². The smallest absolute Gasteiger partial charge is 0.188 e. The highest BCUT2D eigenvalue weighted by molar-refractivity contribution is 9.10. The topological polar surface area (TPSA) is 35.5 Å². The minimum Gasteiger partial charge on any atom is -0.379 e. The summed E-state index contributed by atoms with van der Waals surface area (Å²) in [5.41, 5.74) is 0.463. The third-order valence-electron chi connectivity index (χ3n) is 2.80. The van der Waals surface area contributed by atoms with Crippen molar-refractivity contribution in [1.82, 2.24) is 0 Å². The van der Waals surface area contributed by atoms with E-state index in [1.807, 2.05) is 26.0 Å². The second kappa shape index (κ2) is 7.02. The fraction of sp³-hybridized carbons (Fsp3) is 0.500. The zero-order valence-electron chi connectivity index (χ0n) is 11.0. The Morgan fingerprint density at radius 1 is 1.28 bits per heavy atom. The van der Waals surface area contributed by atoms with Crippen molar-refractivity contribution in [2.24, 2.45) is 0 Å². The molecule has 0 bridgehead atoms. The molecular formula is C14H19BrO3. The van der Waals surface area contributed by atoms with Gasteiger partial charge >= 0.3 is 0 Å². The Hall–Kier alpha value is -0.710. The lowest BCUT2D eigenvalue weighted by Gasteiger charge is -2.22. The van der Waals surface area contributed by atoms with Crippen LogP contribution in [0.5, 0.6) is 0 Å². The normalized spacial score (nSPS) is 11.6. The summed E-state index contributed by atoms with van der Waals surface area (Å²) in [5, 5.41) is 0. The number of ether oxygens (including phenoxy) is 2. The summed E-state index contributed by atoms with van der Waals surface area (Å²) in [5.74, 6) is -0.00211. The molecule has 0 unspecified atom stereocenters. The Balaban J connectivity index is 2.32. The van der Waals surface area contributed by atoms with E-state index in [0.717, 1.165) is 10.9 Å². The first-order chi connectivity index (χ1) is 8.44. The Bertz CT molecular complexity index is 385. The second-order valence-electron chi connectivity index (χ2n) is 4.70. The number of hydrogen-bond acceptors (Lipinski definition) is 3. The Kier molecular flexibility index (Phi) is 5.99. The Morgan fingerprint density at radius 2 is 1.89 bits per heavy atom. The van der Waals surface area contributed by atoms with Gasteiger partial charge in [0.1, 0.15) is 6.61 Å². The highest BCUT2D eigenvalue weighted by Crippen LogP contribution is 2.13. The number of Topliss-reactive ketones (excluding diaryl/α,β-unsaturated/α-hetero) is 1. The number of carbonyl (C=O) groups excluding carboxylic acids is 1. The lowest BCUT2D eigenvalue weighted by molar-refractivity contribution is -0.00836. The van der Waals surface area contributed by atoms with Gasteiger partial charge in [0, 0.05) is 23.8 Å². The lowest BCUT2D eigenvalue weighted by atomic mass is 10.1. The molecule has 100 valence electrons. The molecular weight excluding hydrogens is 296 g/mol. The van der Waals surface area contributed by atoms with Gasteiger partial charge in [-0.15, -0.1) is 0 Å². The molecule has 4 heteroatoms. The van der Waals surface area contributed by atoms with Gasteiger partial charge in [0.2, 0.25) is 0 Å². The molecule has 0 amide bonds. The molecule has 0 saturated carbocycles. The van der Waals surface area contributed by atoms with E-state index >= 15 is 0 Å². The molecule has 1 aromatic rings. The maximum absolute atomic E-state index is 11.8. The number of carbonyl (C=O) groups is 1. The first kappa shape index (κ1) is 15.3. The summed E-state index contributed by atoms with van der Waals surface area (Å²) in [6.07, 6.45) is 0.761. The Morgan fingerprint density at radius 3 is 2.44 bits per heavy atom. The molecule has 1 aromatic carbocycles. The summed E-state index contributed by atoms with van der Waals surface area (Å²) < 4.78 is 11.6. The predicted molar refractivity (Wildman–Crippen MR) is 75.0 cm³/mol. The first-order valence-electron chi connectivity index (χ1n) is 5.86. The lowest BCUT2D eigenvalue weighted by Crippen LogP contribution is -2.25. The summed E-state index contributed by atoms with van der Waals surface area (Å²) >= 11 is 3.33. The van der Waals surface area contributed by atoms with Crippen LogP contribution in [-0.4, -0.2) is 31.7 Å². The predicted octanol–water partition coefficient (Wildman–Crippen LogP) is 3.46. The van der Waals surface area contributed by atoms with E-state index in [9.17, 15) is 4.79 Å². The van der Waals surface area contributed by atoms with Crippen LogP contribution in [0.15, 0.2) is 28.7 Å². The van der Waals surface area contributed by atoms with E-state index in [-0.39, 0.29) is 18.0 Å². The number of benzene rings is 1. The minimum absolute atomic E-state index is 0.00211. The standard InChI is InChI=1S/C14H19BrO3/c1-14(2,17-3)8-9-18-10-13(16)11-4-6-12(15)7-5-11/h4-7H,8-10H2,1-3H3. The van der Waals surface area contributed by atoms with E-state index in [2.05, 4.69) is 15.9 Å². The van der Waals surface area contributed by atoms with Crippen molar-refractivity contribution in [3.63, 3.8) is 0 Å². The number of rotatable bonds is 7. The zero-order chi connectivity index (χ0) is 13.6. The molecule has 0 aromatic heterocycles. The number of ketones is 1. The van der Waals surface area contributed by atoms with Crippen molar-refractivity contribution < 1.29 is 14.3 Å². The maximum atomic E-state index is 11.8. The van der Waals surface area contributed by atoms with Crippen LogP contribution in [-0.2, 0) is 9.47 Å². The number of halogens is 1. The highest BCUT2D eigenvalue weighted by atomic mass is 79.9. The van der Waals surface area contributed by atoms with Crippen LogP contribution < -0.4 is 0 Å². The molecule has 0 aliphatic heterocycles. The zero-order valence-corrected chi connectivity index (χ0v) is 12.6. The molecule has 0 radical (unpaired) electrons. The third kappa shape index (κ3) is 5.29. The first-order valence-corrected chi connectivity index (χ1v) is 6.65. The highest BCUT2D eigenvalue weighted by Gasteiger charge is 2.16. The van der Waals surface area contributed by atoms with Gasteiger partial charge in [-0.05, 0) is 32.4 Å². The molecule has 0 aliphatic carbocycles. The number of hydrogen-bond donors (Lipinski definition) is 0. The molecule has 0 atom stereocenters. The largest absolute Gasteiger partial charge is 0.379 e. The van der Waals surface area contributed by atoms with Crippen molar-refractivity contribution in [1.29, 1.82) is 0 Å². The van der Waals surface area contributed by atoms with Gasteiger partial charge in [0.15, 0.2) is 5.78 Å². The van der Waals surface area contributed by atoms with E-state index in [4.69, 9.17) is 9.47 Å². The maximum Gasteiger partial charge on any atom is 0.188 e. The van der Waals surface area contributed by atoms with Crippen molar-refractivity contribution in [3.8, 4) is 0 Å². The molecule has 0 spiro atoms. The van der Waals surface area contributed by atoms with Crippen molar-refractivity contribution in [3.05, 3.63) is 34.3 Å². The molecule has 0 aliphatic rings.